The third-order valence-electron chi connectivity index (χ3n) is 1.47. The Morgan fingerprint density at radius 3 is 2.83 bits per heavy atom. The first-order chi connectivity index (χ1) is 5.86. The Labute approximate surface area is 69.7 Å². The number of H-pyrrole nitrogens is 1. The van der Waals surface area contributed by atoms with Gasteiger partial charge in [0.2, 0.25) is 0 Å². The smallest absolute Gasteiger partial charge is 0.120 e. The minimum absolute atomic E-state index is 0.697. The van der Waals surface area contributed by atoms with E-state index < -0.39 is 0 Å². The summed E-state index contributed by atoms with van der Waals surface area (Å²) in [5.74, 6) is 0. The minimum atomic E-state index is 0.697. The van der Waals surface area contributed by atoms with Crippen LogP contribution in [0.5, 0.6) is 0 Å². The van der Waals surface area contributed by atoms with Crippen LogP contribution in [0.15, 0.2) is 18.6 Å². The number of aromatic amines is 1. The third-order valence-corrected chi connectivity index (χ3v) is 1.47. The monoisotopic (exact) mass is 159 g/mol. The number of aryl methyl sites for hydroxylation is 1. The number of aromatic nitrogens is 4. The molecule has 0 saturated carbocycles. The van der Waals surface area contributed by atoms with Crippen molar-refractivity contribution in [3.63, 3.8) is 0 Å². The molecule has 0 saturated heterocycles. The molecule has 2 aromatic heterocycles. The highest BCUT2D eigenvalue weighted by molar-refractivity contribution is 5.50. The average Bonchev–Trinajstić information content (AvgIpc) is 2.58. The molecule has 0 amide bonds. The molecule has 0 bridgehead atoms. The molecule has 0 aliphatic carbocycles. The first-order valence-electron chi connectivity index (χ1n) is 3.57. The summed E-state index contributed by atoms with van der Waals surface area (Å²) >= 11 is 0. The molecule has 59 valence electrons. The van der Waals surface area contributed by atoms with E-state index in [4.69, 9.17) is 0 Å². The van der Waals surface area contributed by atoms with Crippen molar-refractivity contribution in [2.45, 2.75) is 6.92 Å². The molecule has 2 rings (SSSR count). The molecule has 4 nitrogen and oxygen atoms in total. The normalized spacial score (nSPS) is 10.1. The molecule has 1 radical (unpaired) electrons. The molecule has 0 aromatic carbocycles. The molecule has 0 spiro atoms. The van der Waals surface area contributed by atoms with Gasteiger partial charge in [-0.1, -0.05) is 0 Å². The average molecular weight is 159 g/mol. The van der Waals surface area contributed by atoms with Crippen LogP contribution in [-0.4, -0.2) is 20.2 Å². The van der Waals surface area contributed by atoms with E-state index in [0.717, 1.165) is 11.4 Å². The van der Waals surface area contributed by atoms with Crippen LogP contribution in [-0.2, 0) is 0 Å². The van der Waals surface area contributed by atoms with Gasteiger partial charge in [0.25, 0.3) is 0 Å². The summed E-state index contributed by atoms with van der Waals surface area (Å²) in [6.07, 6.45) is 5.02. The van der Waals surface area contributed by atoms with Gasteiger partial charge < -0.3 is 0 Å². The van der Waals surface area contributed by atoms with Crippen LogP contribution in [0, 0.1) is 13.0 Å². The van der Waals surface area contributed by atoms with Gasteiger partial charge in [0, 0.05) is 18.5 Å². The molecular weight excluding hydrogens is 152 g/mol. The molecule has 0 fully saturated rings. The van der Waals surface area contributed by atoms with Crippen molar-refractivity contribution >= 4 is 0 Å². The largest absolute Gasteiger partial charge is 0.284 e. The van der Waals surface area contributed by atoms with Crippen molar-refractivity contribution < 1.29 is 0 Å². The highest BCUT2D eigenvalue weighted by Crippen LogP contribution is 2.09. The van der Waals surface area contributed by atoms with Crippen molar-refractivity contribution in [2.24, 2.45) is 0 Å². The van der Waals surface area contributed by atoms with E-state index in [0.29, 0.717) is 5.69 Å². The Hall–Kier alpha value is -1.71. The maximum atomic E-state index is 4.14. The SMILES string of the molecule is Cc1cnc(-c2[c]c[nH]n2)cn1. The Kier molecular flexibility index (Phi) is 1.59. The van der Waals surface area contributed by atoms with Gasteiger partial charge in [0.1, 0.15) is 11.4 Å². The van der Waals surface area contributed by atoms with Gasteiger partial charge >= 0.3 is 0 Å². The summed E-state index contributed by atoms with van der Waals surface area (Å²) in [5, 5.41) is 6.60. The molecular formula is C8H7N4. The Morgan fingerprint density at radius 1 is 1.33 bits per heavy atom. The zero-order valence-corrected chi connectivity index (χ0v) is 6.57. The molecule has 0 aliphatic rings. The first kappa shape index (κ1) is 6.97. The first-order valence-corrected chi connectivity index (χ1v) is 3.57. The number of nitrogens with zero attached hydrogens (tertiary/aromatic N) is 3. The van der Waals surface area contributed by atoms with Crippen molar-refractivity contribution in [3.8, 4) is 11.4 Å². The van der Waals surface area contributed by atoms with Gasteiger partial charge in [-0.2, -0.15) is 5.10 Å². The Balaban J connectivity index is 2.43. The lowest BCUT2D eigenvalue weighted by Gasteiger charge is -1.93. The van der Waals surface area contributed by atoms with Gasteiger partial charge in [0.15, 0.2) is 0 Å². The van der Waals surface area contributed by atoms with Gasteiger partial charge in [-0.05, 0) is 6.92 Å². The van der Waals surface area contributed by atoms with Gasteiger partial charge in [-0.3, -0.25) is 15.1 Å². The van der Waals surface area contributed by atoms with Crippen molar-refractivity contribution in [1.82, 2.24) is 20.2 Å². The van der Waals surface area contributed by atoms with E-state index in [9.17, 15) is 0 Å². The van der Waals surface area contributed by atoms with Crippen LogP contribution in [0.2, 0.25) is 0 Å². The summed E-state index contributed by atoms with van der Waals surface area (Å²) in [6, 6.07) is 2.90. The van der Waals surface area contributed by atoms with Crippen LogP contribution >= 0.6 is 0 Å². The molecule has 0 unspecified atom stereocenters. The summed E-state index contributed by atoms with van der Waals surface area (Å²) in [7, 11) is 0. The van der Waals surface area contributed by atoms with E-state index >= 15 is 0 Å². The number of rotatable bonds is 1. The van der Waals surface area contributed by atoms with E-state index in [1.165, 1.54) is 0 Å². The van der Waals surface area contributed by atoms with Crippen molar-refractivity contribution in [2.75, 3.05) is 0 Å². The van der Waals surface area contributed by atoms with Crippen LogP contribution in [0.25, 0.3) is 11.4 Å². The third kappa shape index (κ3) is 1.18. The Morgan fingerprint density at radius 2 is 2.25 bits per heavy atom. The predicted octanol–water partition coefficient (Wildman–Crippen LogP) is 0.975. The molecule has 1 N–H and O–H groups in total. The van der Waals surface area contributed by atoms with E-state index in [-0.39, 0.29) is 0 Å². The maximum Gasteiger partial charge on any atom is 0.120 e. The van der Waals surface area contributed by atoms with Crippen LogP contribution in [0.1, 0.15) is 5.69 Å². The molecule has 2 aromatic rings. The summed E-state index contributed by atoms with van der Waals surface area (Å²) in [5.41, 5.74) is 2.33. The van der Waals surface area contributed by atoms with Crippen LogP contribution in [0.3, 0.4) is 0 Å². The quantitative estimate of drug-likeness (QED) is 0.674. The standard InChI is InChI=1S/C8H7N4/c1-6-4-10-8(5-9-6)7-2-3-11-12-7/h3-5H,1H3,(H,11,12). The lowest BCUT2D eigenvalue weighted by molar-refractivity contribution is 1.06. The lowest BCUT2D eigenvalue weighted by Crippen LogP contribution is -1.87. The fourth-order valence-electron chi connectivity index (χ4n) is 0.876. The van der Waals surface area contributed by atoms with Gasteiger partial charge in [-0.15, -0.1) is 0 Å². The highest BCUT2D eigenvalue weighted by atomic mass is 15.1. The zero-order valence-electron chi connectivity index (χ0n) is 6.57. The van der Waals surface area contributed by atoms with Crippen LogP contribution < -0.4 is 0 Å². The molecule has 12 heavy (non-hydrogen) atoms. The predicted molar refractivity (Wildman–Crippen MR) is 43.2 cm³/mol. The summed E-state index contributed by atoms with van der Waals surface area (Å²) in [6.45, 7) is 1.89. The fraction of sp³-hybridized carbons (Fsp3) is 0.125. The number of hydrogen-bond donors (Lipinski definition) is 1. The molecule has 4 heteroatoms. The maximum absolute atomic E-state index is 4.14. The fourth-order valence-corrected chi connectivity index (χ4v) is 0.876. The van der Waals surface area contributed by atoms with Crippen molar-refractivity contribution in [3.05, 3.63) is 30.4 Å². The minimum Gasteiger partial charge on any atom is -0.284 e. The summed E-state index contributed by atoms with van der Waals surface area (Å²) in [4.78, 5) is 8.24. The second-order valence-corrected chi connectivity index (χ2v) is 2.42. The van der Waals surface area contributed by atoms with Gasteiger partial charge in [0.05, 0.1) is 11.9 Å². The molecule has 2 heterocycles. The summed E-state index contributed by atoms with van der Waals surface area (Å²) < 4.78 is 0. The molecule has 0 atom stereocenters. The Bertz CT molecular complexity index is 349. The molecule has 0 aliphatic heterocycles. The number of nitrogens with one attached hydrogen (secondary N) is 1. The van der Waals surface area contributed by atoms with Gasteiger partial charge in [-0.25, -0.2) is 0 Å². The number of hydrogen-bond acceptors (Lipinski definition) is 3. The second-order valence-electron chi connectivity index (χ2n) is 2.42. The second kappa shape index (κ2) is 2.73. The van der Waals surface area contributed by atoms with E-state index in [2.05, 4.69) is 26.2 Å². The van der Waals surface area contributed by atoms with E-state index in [1.807, 2.05) is 6.92 Å². The topological polar surface area (TPSA) is 54.5 Å². The lowest BCUT2D eigenvalue weighted by atomic mass is 10.3. The van der Waals surface area contributed by atoms with Crippen LogP contribution in [0.4, 0.5) is 0 Å². The zero-order chi connectivity index (χ0) is 8.39. The van der Waals surface area contributed by atoms with Crippen molar-refractivity contribution in [1.29, 1.82) is 0 Å². The van der Waals surface area contributed by atoms with E-state index in [1.54, 1.807) is 18.6 Å². The highest BCUT2D eigenvalue weighted by Gasteiger charge is 2.00.